The smallest absolute Gasteiger partial charge is 0.170 e. The van der Waals surface area contributed by atoms with Crippen molar-refractivity contribution in [2.75, 3.05) is 0 Å². The van der Waals surface area contributed by atoms with Gasteiger partial charge >= 0.3 is 0 Å². The van der Waals surface area contributed by atoms with Crippen LogP contribution < -0.4 is 0 Å². The van der Waals surface area contributed by atoms with E-state index in [0.29, 0.717) is 5.82 Å². The number of hydrogen-bond acceptors (Lipinski definition) is 3. The van der Waals surface area contributed by atoms with E-state index in [4.69, 9.17) is 0 Å². The zero-order valence-electron chi connectivity index (χ0n) is 6.72. The third kappa shape index (κ3) is 1.54. The van der Waals surface area contributed by atoms with E-state index in [1.807, 2.05) is 13.8 Å². The van der Waals surface area contributed by atoms with Gasteiger partial charge in [-0.05, 0) is 26.1 Å². The summed E-state index contributed by atoms with van der Waals surface area (Å²) in [5.74, 6) is 0.708. The molecular weight excluding hydrogens is 156 g/mol. The average molecular weight is 166 g/mol. The van der Waals surface area contributed by atoms with Gasteiger partial charge in [-0.15, -0.1) is 11.3 Å². The maximum absolute atomic E-state index is 4.18. The zero-order valence-corrected chi connectivity index (χ0v) is 7.53. The van der Waals surface area contributed by atoms with Gasteiger partial charge in [0, 0.05) is 0 Å². The summed E-state index contributed by atoms with van der Waals surface area (Å²) in [6, 6.07) is 0. The molecule has 1 heterocycles. The Balaban J connectivity index is 3.22. The van der Waals surface area contributed by atoms with Crippen molar-refractivity contribution < 1.29 is 0 Å². The van der Waals surface area contributed by atoms with Crippen molar-refractivity contribution in [3.63, 3.8) is 0 Å². The van der Waals surface area contributed by atoms with E-state index < -0.39 is 0 Å². The van der Waals surface area contributed by atoms with Crippen LogP contribution in [0.15, 0.2) is 11.6 Å². The summed E-state index contributed by atoms with van der Waals surface area (Å²) in [4.78, 5) is 9.02. The predicted octanol–water partition coefficient (Wildman–Crippen LogP) is 2.82. The highest BCUT2D eigenvalue weighted by Gasteiger charge is 2.06. The van der Waals surface area contributed by atoms with Gasteiger partial charge in [0.05, 0.1) is 9.88 Å². The quantitative estimate of drug-likeness (QED) is 0.620. The number of nitrogens with zero attached hydrogens (tertiary/aromatic N) is 2. The zero-order chi connectivity index (χ0) is 8.43. The Morgan fingerprint density at radius 1 is 1.64 bits per heavy atom. The van der Waals surface area contributed by atoms with Gasteiger partial charge in [-0.3, -0.25) is 0 Å². The van der Waals surface area contributed by atoms with Crippen LogP contribution in [0.3, 0.4) is 0 Å². The number of aryl methyl sites for hydroxylation is 1. The molecule has 11 heavy (non-hydrogen) atoms. The number of allylic oxidation sites excluding steroid dienone is 1. The van der Waals surface area contributed by atoms with Gasteiger partial charge < -0.3 is 0 Å². The van der Waals surface area contributed by atoms with Crippen LogP contribution in [0.25, 0.3) is 5.57 Å². The van der Waals surface area contributed by atoms with Crippen molar-refractivity contribution in [1.29, 1.82) is 0 Å². The first-order valence-corrected chi connectivity index (χ1v) is 4.07. The standard InChI is InChI=1S/C8H10N2S/c1-5(2)7-8(9-4)10-6(3)11-7/h1,4H2,2-3H3. The van der Waals surface area contributed by atoms with Crippen molar-refractivity contribution >= 4 is 29.4 Å². The lowest BCUT2D eigenvalue weighted by atomic mass is 10.3. The molecule has 2 nitrogen and oxygen atoms in total. The third-order valence-electron chi connectivity index (χ3n) is 1.25. The molecular formula is C8H10N2S. The Labute approximate surface area is 70.3 Å². The highest BCUT2D eigenvalue weighted by molar-refractivity contribution is 7.13. The summed E-state index contributed by atoms with van der Waals surface area (Å²) in [6.07, 6.45) is 0. The molecule has 58 valence electrons. The Morgan fingerprint density at radius 2 is 2.27 bits per heavy atom. The maximum Gasteiger partial charge on any atom is 0.170 e. The lowest BCUT2D eigenvalue weighted by Crippen LogP contribution is -1.70. The molecule has 3 heteroatoms. The van der Waals surface area contributed by atoms with Gasteiger partial charge in [-0.2, -0.15) is 0 Å². The van der Waals surface area contributed by atoms with Crippen molar-refractivity contribution in [1.82, 2.24) is 4.98 Å². The van der Waals surface area contributed by atoms with Crippen LogP contribution >= 0.6 is 11.3 Å². The van der Waals surface area contributed by atoms with Gasteiger partial charge in [0.1, 0.15) is 0 Å². The second-order valence-electron chi connectivity index (χ2n) is 2.32. The molecule has 0 bridgehead atoms. The maximum atomic E-state index is 4.18. The number of rotatable bonds is 2. The van der Waals surface area contributed by atoms with Gasteiger partial charge in [0.2, 0.25) is 0 Å². The van der Waals surface area contributed by atoms with Gasteiger partial charge in [-0.1, -0.05) is 6.58 Å². The van der Waals surface area contributed by atoms with Crippen molar-refractivity contribution in [3.05, 3.63) is 16.5 Å². The first kappa shape index (κ1) is 8.14. The summed E-state index contributed by atoms with van der Waals surface area (Å²) in [5, 5.41) is 1.01. The SMILES string of the molecule is C=Nc1nc(C)sc1C(=C)C. The lowest BCUT2D eigenvalue weighted by Gasteiger charge is -1.91. The summed E-state index contributed by atoms with van der Waals surface area (Å²) in [5.41, 5.74) is 0.998. The van der Waals surface area contributed by atoms with Crippen molar-refractivity contribution in [2.24, 2.45) is 4.99 Å². The fourth-order valence-corrected chi connectivity index (χ4v) is 1.60. The van der Waals surface area contributed by atoms with E-state index in [1.165, 1.54) is 0 Å². The highest BCUT2D eigenvalue weighted by Crippen LogP contribution is 2.30. The molecule has 0 unspecified atom stereocenters. The molecule has 0 aromatic carbocycles. The number of aromatic nitrogens is 1. The minimum Gasteiger partial charge on any atom is -0.244 e. The normalized spacial score (nSPS) is 9.64. The number of hydrogen-bond donors (Lipinski definition) is 0. The molecule has 0 aliphatic carbocycles. The van der Waals surface area contributed by atoms with E-state index in [-0.39, 0.29) is 0 Å². The van der Waals surface area contributed by atoms with E-state index >= 15 is 0 Å². The molecule has 0 amide bonds. The molecule has 0 spiro atoms. The third-order valence-corrected chi connectivity index (χ3v) is 2.38. The lowest BCUT2D eigenvalue weighted by molar-refractivity contribution is 1.26. The number of aliphatic imine (C=N–C) groups is 1. The second-order valence-corrected chi connectivity index (χ2v) is 3.53. The van der Waals surface area contributed by atoms with E-state index in [2.05, 4.69) is 23.3 Å². The molecule has 1 aromatic rings. The fourth-order valence-electron chi connectivity index (χ4n) is 0.801. The Bertz CT molecular complexity index is 299. The molecule has 0 aliphatic rings. The molecule has 0 aliphatic heterocycles. The van der Waals surface area contributed by atoms with Crippen molar-refractivity contribution in [2.45, 2.75) is 13.8 Å². The first-order chi connectivity index (χ1) is 5.15. The van der Waals surface area contributed by atoms with Crippen LogP contribution in [-0.4, -0.2) is 11.7 Å². The molecule has 0 atom stereocenters. The Kier molecular flexibility index (Phi) is 2.19. The molecule has 1 rings (SSSR count). The van der Waals surface area contributed by atoms with Crippen LogP contribution in [0, 0.1) is 6.92 Å². The molecule has 1 aromatic heterocycles. The fraction of sp³-hybridized carbons (Fsp3) is 0.250. The average Bonchev–Trinajstić information content (AvgIpc) is 2.30. The van der Waals surface area contributed by atoms with Crippen LogP contribution in [0.2, 0.25) is 0 Å². The first-order valence-electron chi connectivity index (χ1n) is 3.25. The summed E-state index contributed by atoms with van der Waals surface area (Å²) < 4.78 is 0. The molecule has 0 N–H and O–H groups in total. The second kappa shape index (κ2) is 2.96. The van der Waals surface area contributed by atoms with Gasteiger partial charge in [0.15, 0.2) is 5.82 Å². The largest absolute Gasteiger partial charge is 0.244 e. The van der Waals surface area contributed by atoms with E-state index in [1.54, 1.807) is 11.3 Å². The highest BCUT2D eigenvalue weighted by atomic mass is 32.1. The topological polar surface area (TPSA) is 25.2 Å². The minimum absolute atomic E-state index is 0.708. The van der Waals surface area contributed by atoms with Gasteiger partial charge in [-0.25, -0.2) is 9.98 Å². The van der Waals surface area contributed by atoms with Crippen LogP contribution in [0.4, 0.5) is 5.82 Å². The monoisotopic (exact) mass is 166 g/mol. The molecule has 0 saturated carbocycles. The van der Waals surface area contributed by atoms with Gasteiger partial charge in [0.25, 0.3) is 0 Å². The Morgan fingerprint density at radius 3 is 2.64 bits per heavy atom. The van der Waals surface area contributed by atoms with E-state index in [0.717, 1.165) is 15.5 Å². The Hall–Kier alpha value is -0.960. The number of thiazole rings is 1. The summed E-state index contributed by atoms with van der Waals surface area (Å²) >= 11 is 1.60. The van der Waals surface area contributed by atoms with Crippen LogP contribution in [-0.2, 0) is 0 Å². The van der Waals surface area contributed by atoms with Crippen molar-refractivity contribution in [3.8, 4) is 0 Å². The predicted molar refractivity (Wildman–Crippen MR) is 50.8 cm³/mol. The van der Waals surface area contributed by atoms with E-state index in [9.17, 15) is 0 Å². The van der Waals surface area contributed by atoms with Crippen LogP contribution in [0.5, 0.6) is 0 Å². The summed E-state index contributed by atoms with van der Waals surface area (Å²) in [6.45, 7) is 11.2. The molecule has 0 fully saturated rings. The van der Waals surface area contributed by atoms with Crippen LogP contribution in [0.1, 0.15) is 16.8 Å². The minimum atomic E-state index is 0.708. The molecule has 0 radical (unpaired) electrons. The molecule has 0 saturated heterocycles. The summed E-state index contributed by atoms with van der Waals surface area (Å²) in [7, 11) is 0.